The van der Waals surface area contributed by atoms with Crippen molar-refractivity contribution >= 4 is 5.97 Å². The standard InChI is InChI=1S/C24H34F2O2/c1-2-3-6-13-23(14-7-4-8-15-23)28-22(27)24(16-9-5-10-17-24)19-11-12-20(25)21(26)18-19/h11-12,18H,2-10,13-17H2,1H3. The molecule has 1 aromatic rings. The number of hydrogen-bond donors (Lipinski definition) is 0. The first-order valence-electron chi connectivity index (χ1n) is 11.2. The first-order chi connectivity index (χ1) is 13.5. The molecular weight excluding hydrogens is 358 g/mol. The average molecular weight is 393 g/mol. The molecule has 3 rings (SSSR count). The van der Waals surface area contributed by atoms with Crippen LogP contribution in [0.1, 0.15) is 102 Å². The maximum absolute atomic E-state index is 14.0. The minimum atomic E-state index is -0.884. The molecule has 0 aromatic heterocycles. The lowest BCUT2D eigenvalue weighted by Crippen LogP contribution is -2.46. The van der Waals surface area contributed by atoms with Crippen molar-refractivity contribution in [1.82, 2.24) is 0 Å². The van der Waals surface area contributed by atoms with Gasteiger partial charge < -0.3 is 4.74 Å². The number of ether oxygens (including phenoxy) is 1. The average Bonchev–Trinajstić information content (AvgIpc) is 2.71. The van der Waals surface area contributed by atoms with Crippen LogP contribution in [-0.4, -0.2) is 11.6 Å². The van der Waals surface area contributed by atoms with Crippen molar-refractivity contribution in [3.05, 3.63) is 35.4 Å². The highest BCUT2D eigenvalue weighted by Gasteiger charge is 2.46. The van der Waals surface area contributed by atoms with Crippen LogP contribution in [0.3, 0.4) is 0 Å². The summed E-state index contributed by atoms with van der Waals surface area (Å²) in [6, 6.07) is 3.94. The van der Waals surface area contributed by atoms with E-state index in [-0.39, 0.29) is 11.6 Å². The molecule has 2 fully saturated rings. The van der Waals surface area contributed by atoms with Gasteiger partial charge in [0.15, 0.2) is 11.6 Å². The molecule has 0 atom stereocenters. The van der Waals surface area contributed by atoms with Crippen LogP contribution in [0.4, 0.5) is 8.78 Å². The third-order valence-electron chi connectivity index (χ3n) is 6.88. The second-order valence-corrected chi connectivity index (χ2v) is 8.86. The maximum atomic E-state index is 14.0. The summed E-state index contributed by atoms with van der Waals surface area (Å²) in [5.41, 5.74) is -0.620. The molecule has 4 heteroatoms. The van der Waals surface area contributed by atoms with E-state index in [1.807, 2.05) is 0 Å². The predicted molar refractivity (Wildman–Crippen MR) is 107 cm³/mol. The fourth-order valence-electron chi connectivity index (χ4n) is 5.15. The number of esters is 1. The van der Waals surface area contributed by atoms with Crippen molar-refractivity contribution in [2.45, 2.75) is 108 Å². The Hall–Kier alpha value is -1.45. The largest absolute Gasteiger partial charge is 0.458 e. The van der Waals surface area contributed by atoms with E-state index in [9.17, 15) is 13.6 Å². The van der Waals surface area contributed by atoms with Gasteiger partial charge in [0.1, 0.15) is 5.60 Å². The summed E-state index contributed by atoms with van der Waals surface area (Å²) in [4.78, 5) is 13.6. The predicted octanol–water partition coefficient (Wildman–Crippen LogP) is 6.99. The third-order valence-corrected chi connectivity index (χ3v) is 6.88. The normalized spacial score (nSPS) is 21.2. The highest BCUT2D eigenvalue weighted by atomic mass is 19.2. The minimum absolute atomic E-state index is 0.211. The van der Waals surface area contributed by atoms with E-state index < -0.39 is 17.0 Å². The van der Waals surface area contributed by atoms with Gasteiger partial charge in [0.05, 0.1) is 5.41 Å². The van der Waals surface area contributed by atoms with Gasteiger partial charge in [0.25, 0.3) is 0 Å². The highest BCUT2D eigenvalue weighted by Crippen LogP contribution is 2.44. The van der Waals surface area contributed by atoms with Crippen LogP contribution in [0, 0.1) is 11.6 Å². The van der Waals surface area contributed by atoms with Gasteiger partial charge in [-0.2, -0.15) is 0 Å². The molecule has 2 aliphatic rings. The van der Waals surface area contributed by atoms with Crippen molar-refractivity contribution in [3.8, 4) is 0 Å². The quantitative estimate of drug-likeness (QED) is 0.369. The van der Waals surface area contributed by atoms with E-state index in [0.717, 1.165) is 76.7 Å². The Kier molecular flexibility index (Phi) is 7.11. The van der Waals surface area contributed by atoms with Crippen LogP contribution in [0.25, 0.3) is 0 Å². The van der Waals surface area contributed by atoms with Crippen molar-refractivity contribution in [1.29, 1.82) is 0 Å². The summed E-state index contributed by atoms with van der Waals surface area (Å²) in [5, 5.41) is 0. The number of unbranched alkanes of at least 4 members (excludes halogenated alkanes) is 2. The molecule has 0 heterocycles. The Morgan fingerprint density at radius 1 is 0.929 bits per heavy atom. The van der Waals surface area contributed by atoms with Gasteiger partial charge >= 0.3 is 5.97 Å². The second-order valence-electron chi connectivity index (χ2n) is 8.86. The molecule has 0 amide bonds. The van der Waals surface area contributed by atoms with Crippen molar-refractivity contribution in [2.75, 3.05) is 0 Å². The van der Waals surface area contributed by atoms with Crippen LogP contribution < -0.4 is 0 Å². The molecule has 1 aromatic carbocycles. The van der Waals surface area contributed by atoms with Crippen molar-refractivity contribution in [3.63, 3.8) is 0 Å². The van der Waals surface area contributed by atoms with Gasteiger partial charge in [0.2, 0.25) is 0 Å². The number of carbonyl (C=O) groups is 1. The maximum Gasteiger partial charge on any atom is 0.317 e. The summed E-state index contributed by atoms with van der Waals surface area (Å²) >= 11 is 0. The number of benzene rings is 1. The number of hydrogen-bond acceptors (Lipinski definition) is 2. The Bertz CT molecular complexity index is 659. The van der Waals surface area contributed by atoms with Crippen LogP contribution >= 0.6 is 0 Å². The Morgan fingerprint density at radius 2 is 1.57 bits per heavy atom. The van der Waals surface area contributed by atoms with E-state index in [2.05, 4.69) is 6.92 Å². The highest BCUT2D eigenvalue weighted by molar-refractivity contribution is 5.83. The molecule has 0 unspecified atom stereocenters. The zero-order valence-corrected chi connectivity index (χ0v) is 17.2. The Balaban J connectivity index is 1.86. The molecule has 156 valence electrons. The van der Waals surface area contributed by atoms with Gasteiger partial charge in [-0.15, -0.1) is 0 Å². The molecule has 28 heavy (non-hydrogen) atoms. The second kappa shape index (κ2) is 9.37. The van der Waals surface area contributed by atoms with Crippen LogP contribution in [-0.2, 0) is 14.9 Å². The van der Waals surface area contributed by atoms with E-state index in [1.165, 1.54) is 12.5 Å². The Labute approximate surface area is 168 Å². The van der Waals surface area contributed by atoms with E-state index in [4.69, 9.17) is 4.74 Å². The molecular formula is C24H34F2O2. The zero-order valence-electron chi connectivity index (χ0n) is 17.2. The molecule has 2 nitrogen and oxygen atoms in total. The monoisotopic (exact) mass is 392 g/mol. The lowest BCUT2D eigenvalue weighted by molar-refractivity contribution is -0.173. The first-order valence-corrected chi connectivity index (χ1v) is 11.2. The fourth-order valence-corrected chi connectivity index (χ4v) is 5.15. The molecule has 0 spiro atoms. The van der Waals surface area contributed by atoms with Gasteiger partial charge in [-0.1, -0.05) is 51.5 Å². The summed E-state index contributed by atoms with van der Waals surface area (Å²) < 4.78 is 33.8. The van der Waals surface area contributed by atoms with Gasteiger partial charge in [-0.05, 0) is 69.1 Å². The van der Waals surface area contributed by atoms with E-state index >= 15 is 0 Å². The number of halogens is 2. The van der Waals surface area contributed by atoms with Crippen LogP contribution in [0.2, 0.25) is 0 Å². The summed E-state index contributed by atoms with van der Waals surface area (Å²) in [5.74, 6) is -1.96. The molecule has 2 aliphatic carbocycles. The SMILES string of the molecule is CCCCCC1(OC(=O)C2(c3ccc(F)c(F)c3)CCCCC2)CCCCC1. The minimum Gasteiger partial charge on any atom is -0.458 e. The van der Waals surface area contributed by atoms with Crippen LogP contribution in [0.5, 0.6) is 0 Å². The molecule has 0 aliphatic heterocycles. The zero-order chi connectivity index (χ0) is 20.0. The van der Waals surface area contributed by atoms with Gasteiger partial charge in [0, 0.05) is 0 Å². The topological polar surface area (TPSA) is 26.3 Å². The molecule has 0 N–H and O–H groups in total. The van der Waals surface area contributed by atoms with Gasteiger partial charge in [-0.3, -0.25) is 4.79 Å². The van der Waals surface area contributed by atoms with E-state index in [1.54, 1.807) is 6.07 Å². The Morgan fingerprint density at radius 3 is 2.18 bits per heavy atom. The summed E-state index contributed by atoms with van der Waals surface area (Å²) in [7, 11) is 0. The van der Waals surface area contributed by atoms with Crippen molar-refractivity contribution in [2.24, 2.45) is 0 Å². The van der Waals surface area contributed by atoms with Crippen LogP contribution in [0.15, 0.2) is 18.2 Å². The fraction of sp³-hybridized carbons (Fsp3) is 0.708. The lowest BCUT2D eigenvalue weighted by Gasteiger charge is -2.42. The molecule has 0 radical (unpaired) electrons. The first kappa shape index (κ1) is 21.3. The number of rotatable bonds is 7. The van der Waals surface area contributed by atoms with Gasteiger partial charge in [-0.25, -0.2) is 8.78 Å². The summed E-state index contributed by atoms with van der Waals surface area (Å²) in [6.45, 7) is 2.18. The molecule has 0 bridgehead atoms. The third kappa shape index (κ3) is 4.58. The summed E-state index contributed by atoms with van der Waals surface area (Å²) in [6.07, 6.45) is 13.7. The molecule has 2 saturated carbocycles. The lowest BCUT2D eigenvalue weighted by atomic mass is 9.69. The smallest absolute Gasteiger partial charge is 0.317 e. The van der Waals surface area contributed by atoms with Crippen molar-refractivity contribution < 1.29 is 18.3 Å². The van der Waals surface area contributed by atoms with E-state index in [0.29, 0.717) is 18.4 Å². The molecule has 0 saturated heterocycles. The number of carbonyl (C=O) groups excluding carboxylic acids is 1.